The van der Waals surface area contributed by atoms with E-state index < -0.39 is 168 Å². The zero-order chi connectivity index (χ0) is 86.4. The fourth-order valence-corrected chi connectivity index (χ4v) is 13.6. The quantitative estimate of drug-likeness (QED) is 0.0238. The third-order valence-corrected chi connectivity index (χ3v) is 19.9. The molecule has 0 unspecified atom stereocenters. The van der Waals surface area contributed by atoms with Crippen LogP contribution < -0.4 is 91.2 Å². The number of hydrogen-bond acceptors (Lipinski definition) is 19. The van der Waals surface area contributed by atoms with Crippen LogP contribution in [0.25, 0.3) is 10.8 Å². The normalized spacial score (nSPS) is 16.1. The number of urea groups is 2. The molecule has 636 valence electrons. The number of imide groups is 1. The van der Waals surface area contributed by atoms with E-state index in [1.54, 1.807) is 56.3 Å². The minimum Gasteiger partial charge on any atom is -0.394 e. The first-order chi connectivity index (χ1) is 56.8. The van der Waals surface area contributed by atoms with Gasteiger partial charge in [0.25, 0.3) is 0 Å². The van der Waals surface area contributed by atoms with Gasteiger partial charge in [-0.25, -0.2) is 9.59 Å². The summed E-state index contributed by atoms with van der Waals surface area (Å²) < 4.78 is 0. The van der Waals surface area contributed by atoms with Crippen LogP contribution in [0.15, 0.2) is 140 Å². The van der Waals surface area contributed by atoms with Crippen molar-refractivity contribution in [1.29, 1.82) is 0 Å². The minimum absolute atomic E-state index is 0.000562. The van der Waals surface area contributed by atoms with Gasteiger partial charge in [-0.05, 0) is 139 Å². The Balaban J connectivity index is 1.10. The van der Waals surface area contributed by atoms with Crippen LogP contribution in [0.2, 0.25) is 5.02 Å². The van der Waals surface area contributed by atoms with E-state index in [4.69, 9.17) is 23.1 Å². The van der Waals surface area contributed by atoms with Crippen molar-refractivity contribution in [3.05, 3.63) is 173 Å². The van der Waals surface area contributed by atoms with Crippen molar-refractivity contribution in [3.63, 3.8) is 0 Å². The lowest BCUT2D eigenvalue weighted by molar-refractivity contribution is -0.142. The van der Waals surface area contributed by atoms with Crippen molar-refractivity contribution in [1.82, 2.24) is 79.0 Å². The number of primary amides is 2. The average molecular weight is 1660 g/mol. The van der Waals surface area contributed by atoms with Gasteiger partial charge in [-0.1, -0.05) is 124 Å². The number of rotatable bonds is 43. The lowest BCUT2D eigenvalue weighted by atomic mass is 9.99. The number of nitrogens with two attached hydrogens (primary N) is 2. The zero-order valence-corrected chi connectivity index (χ0v) is 67.9. The molecule has 6 aromatic rings. The molecule has 2 saturated heterocycles. The Morgan fingerprint density at radius 2 is 1.06 bits per heavy atom. The number of aromatic nitrogens is 1. The summed E-state index contributed by atoms with van der Waals surface area (Å²) in [4.78, 5) is 214. The molecule has 1 aromatic heterocycles. The molecule has 0 spiro atoms. The summed E-state index contributed by atoms with van der Waals surface area (Å²) in [5, 5.41) is 53.5. The molecule has 8 rings (SSSR count). The highest BCUT2D eigenvalue weighted by Gasteiger charge is 2.41. The van der Waals surface area contributed by atoms with Gasteiger partial charge in [-0.15, -0.1) is 0 Å². The van der Waals surface area contributed by atoms with Crippen molar-refractivity contribution >= 4 is 123 Å². The van der Waals surface area contributed by atoms with Gasteiger partial charge >= 0.3 is 12.1 Å². The Bertz CT molecular complexity index is 4570. The maximum absolute atomic E-state index is 15.5. The molecule has 119 heavy (non-hydrogen) atoms. The number of carbonyl (C=O) groups excluding carboxylic acids is 15. The number of carbonyl (C=O) groups is 15. The molecule has 0 saturated carbocycles. The first-order valence-electron chi connectivity index (χ1n) is 39.4. The number of anilines is 2. The van der Waals surface area contributed by atoms with Gasteiger partial charge in [0, 0.05) is 80.9 Å². The predicted molar refractivity (Wildman–Crippen MR) is 442 cm³/mol. The molecule has 0 bridgehead atoms. The second-order valence-electron chi connectivity index (χ2n) is 30.1. The van der Waals surface area contributed by atoms with E-state index in [9.17, 15) is 57.8 Å². The van der Waals surface area contributed by atoms with Crippen molar-refractivity contribution in [2.75, 3.05) is 36.9 Å². The standard InChI is InChI=1S/C83H106ClN19O16/c1-46(2)36-61(73(109)94-60(17-10-12-33-88-47(3)4)81(117)103-35-13-18-69(103)80(116)90-48(5)71(85)107)95-75(111)63(39-52-24-31-58(32-25-52)93-82(86)118)97-76(112)64(40-51-22-29-57(30-23-51)92-72(108)66-42-70(106)102-83(119)101-66)98-79(115)68(45-104)100-78(114)67(44-87-43-59-16-9-11-34-89-59)99-77(113)65(38-50-20-27-56(84)28-21-50)96-74(110)62(91-49(6)105)41-53-19-26-54-14-7-8-15-55(54)37-53/h7-9,11,14-16,19-32,34,37,46-48,60-69,87-88,104H,10,12-13,17-18,33,35-36,38-45H2,1-6H3,(H2,85,107)(H,90,116)(H,91,105)(H,92,108)(H,94,109)(H,95,111)(H,96,110)(H,97,112)(H,98,115)(H,99,113)(H,100,114)(H3,86,93,118)(H2,101,102,106,119)/t48-,60+,61+,62-,63-,64+,65-,66+,67-,68+,69+/m1/s1. The number of amides is 17. The topological polar surface area (TPSA) is 525 Å². The summed E-state index contributed by atoms with van der Waals surface area (Å²) in [7, 11) is 0. The molecule has 35 nitrogen and oxygen atoms in total. The number of nitrogens with zero attached hydrogens (tertiary/aromatic N) is 2. The average Bonchev–Trinajstić information content (AvgIpc) is 1.47. The summed E-state index contributed by atoms with van der Waals surface area (Å²) >= 11 is 6.28. The Hall–Kier alpha value is -12.5. The number of benzene rings is 5. The Labute approximate surface area is 693 Å². The molecule has 5 aromatic carbocycles. The molecule has 17 amide bonds. The van der Waals surface area contributed by atoms with Crippen LogP contribution in [-0.2, 0) is 94.6 Å². The Kier molecular flexibility index (Phi) is 35.0. The lowest BCUT2D eigenvalue weighted by Gasteiger charge is -2.31. The van der Waals surface area contributed by atoms with Crippen LogP contribution in [0.4, 0.5) is 21.0 Å². The number of aliphatic hydroxyl groups excluding tert-OH is 1. The van der Waals surface area contributed by atoms with Crippen molar-refractivity contribution in [3.8, 4) is 0 Å². The molecule has 3 heterocycles. The smallest absolute Gasteiger partial charge is 0.322 e. The number of hydrogen-bond donors (Lipinski definition) is 18. The Morgan fingerprint density at radius 3 is 1.61 bits per heavy atom. The SMILES string of the molecule is CC(=O)N[C@H](Cc1ccc2ccccc2c1)C(=O)N[C@H](Cc1ccc(Cl)cc1)C(=O)N[C@H](CNCc1ccccn1)C(=O)N[C@@H](CO)C(=O)N[C@@H](Cc1ccc(NC(=O)[C@@H]2CC(=O)NC(=O)N2)cc1)C(=O)N[C@H](Cc1ccc(NC(N)=O)cc1)C(=O)N[C@@H](CC(C)C)C(=O)N[C@@H](CCCCNC(C)C)C(=O)N1CCC[C@H]1C(=O)N[C@H](C)C(N)=O. The van der Waals surface area contributed by atoms with Crippen molar-refractivity contribution in [2.45, 2.75) is 191 Å². The third-order valence-electron chi connectivity index (χ3n) is 19.7. The summed E-state index contributed by atoms with van der Waals surface area (Å²) in [5.74, 6) is -11.0. The first-order valence-corrected chi connectivity index (χ1v) is 39.8. The summed E-state index contributed by atoms with van der Waals surface area (Å²) in [6.45, 7) is 9.40. The molecule has 20 N–H and O–H groups in total. The van der Waals surface area contributed by atoms with Crippen molar-refractivity contribution < 1.29 is 77.0 Å². The predicted octanol–water partition coefficient (Wildman–Crippen LogP) is 1.06. The van der Waals surface area contributed by atoms with Gasteiger partial charge in [0.15, 0.2) is 0 Å². The van der Waals surface area contributed by atoms with Gasteiger partial charge < -0.3 is 95.9 Å². The van der Waals surface area contributed by atoms with E-state index in [1.165, 1.54) is 73.5 Å². The molecular weight excluding hydrogens is 1550 g/mol. The van der Waals surface area contributed by atoms with Crippen LogP contribution in [0.3, 0.4) is 0 Å². The number of aliphatic hydroxyl groups is 1. The summed E-state index contributed by atoms with van der Waals surface area (Å²) in [6.07, 6.45) is 1.95. The van der Waals surface area contributed by atoms with Gasteiger partial charge in [0.1, 0.15) is 66.5 Å². The van der Waals surface area contributed by atoms with Crippen molar-refractivity contribution in [2.24, 2.45) is 17.4 Å². The van der Waals surface area contributed by atoms with E-state index in [0.717, 1.165) is 10.8 Å². The van der Waals surface area contributed by atoms with E-state index in [0.29, 0.717) is 53.2 Å². The molecule has 36 heteroatoms. The molecule has 0 radical (unpaired) electrons. The monoisotopic (exact) mass is 1660 g/mol. The molecule has 2 aliphatic heterocycles. The molecule has 2 fully saturated rings. The van der Waals surface area contributed by atoms with E-state index >= 15 is 19.2 Å². The maximum Gasteiger partial charge on any atom is 0.322 e. The molecular formula is C83H106ClN19O16. The number of fused-ring (bicyclic) bond motifs is 1. The van der Waals surface area contributed by atoms with Crippen LogP contribution >= 0.6 is 11.6 Å². The largest absolute Gasteiger partial charge is 0.394 e. The highest BCUT2D eigenvalue weighted by molar-refractivity contribution is 6.30. The highest BCUT2D eigenvalue weighted by atomic mass is 35.5. The fraction of sp³-hybridized carbons (Fsp3) is 0.422. The third kappa shape index (κ3) is 29.6. The summed E-state index contributed by atoms with van der Waals surface area (Å²) in [5.41, 5.74) is 13.7. The van der Waals surface area contributed by atoms with Crippen LogP contribution in [0, 0.1) is 5.92 Å². The van der Waals surface area contributed by atoms with E-state index in [1.807, 2.05) is 56.3 Å². The highest BCUT2D eigenvalue weighted by Crippen LogP contribution is 2.23. The van der Waals surface area contributed by atoms with Crippen LogP contribution in [0.1, 0.15) is 114 Å². The summed E-state index contributed by atoms with van der Waals surface area (Å²) in [6, 6.07) is 19.2. The molecule has 0 aliphatic carbocycles. The second kappa shape index (κ2) is 45.3. The zero-order valence-electron chi connectivity index (χ0n) is 67.1. The minimum atomic E-state index is -1.93. The number of likely N-dealkylation sites (tertiary alicyclic amines) is 1. The molecule has 11 atom stereocenters. The second-order valence-corrected chi connectivity index (χ2v) is 30.6. The number of halogens is 1. The van der Waals surface area contributed by atoms with Crippen LogP contribution in [-0.4, -0.2) is 203 Å². The van der Waals surface area contributed by atoms with E-state index in [2.05, 4.69) is 84.7 Å². The number of nitrogens with one attached hydrogen (secondary N) is 15. The number of unbranched alkanes of at least 4 members (excludes halogenated alkanes) is 1. The van der Waals surface area contributed by atoms with Gasteiger partial charge in [0.2, 0.25) is 76.8 Å². The number of pyridine rings is 1. The molecule has 2 aliphatic rings. The maximum atomic E-state index is 15.5. The van der Waals surface area contributed by atoms with Gasteiger partial charge in [-0.2, -0.15) is 0 Å². The Morgan fingerprint density at radius 1 is 0.555 bits per heavy atom. The fourth-order valence-electron chi connectivity index (χ4n) is 13.5. The van der Waals surface area contributed by atoms with Crippen LogP contribution in [0.5, 0.6) is 0 Å². The first kappa shape index (κ1) is 92.0. The lowest BCUT2D eigenvalue weighted by Crippen LogP contribution is -2.62. The van der Waals surface area contributed by atoms with Gasteiger partial charge in [0.05, 0.1) is 18.7 Å². The van der Waals surface area contributed by atoms with Gasteiger partial charge in [-0.3, -0.25) is 72.6 Å². The van der Waals surface area contributed by atoms with E-state index in [-0.39, 0.29) is 93.5 Å².